The zero-order valence-electron chi connectivity index (χ0n) is 10.7. The van der Waals surface area contributed by atoms with Crippen molar-refractivity contribution in [3.8, 4) is 12.3 Å². The molecule has 1 heterocycles. The number of unbranched alkanes of at least 4 members (excludes halogenated alkanes) is 1. The minimum absolute atomic E-state index is 0.152. The Morgan fingerprint density at radius 2 is 2.24 bits per heavy atom. The fourth-order valence-corrected chi connectivity index (χ4v) is 2.50. The molecule has 0 aromatic rings. The number of rotatable bonds is 7. The van der Waals surface area contributed by atoms with Gasteiger partial charge in [-0.25, -0.2) is 0 Å². The van der Waals surface area contributed by atoms with Crippen molar-refractivity contribution in [1.29, 1.82) is 0 Å². The number of hydrogen-bond acceptors (Lipinski definition) is 4. The van der Waals surface area contributed by atoms with E-state index in [4.69, 9.17) is 21.7 Å². The molecule has 98 valence electrons. The van der Waals surface area contributed by atoms with Gasteiger partial charge in [-0.3, -0.25) is 11.3 Å². The molecule has 1 unspecified atom stereocenters. The van der Waals surface area contributed by atoms with Gasteiger partial charge in [0.15, 0.2) is 0 Å². The lowest BCUT2D eigenvalue weighted by Crippen LogP contribution is -2.57. The Hall–Kier alpha value is -0.600. The minimum Gasteiger partial charge on any atom is -0.381 e. The SMILES string of the molecule is C#CCCCC(NN)C1(OCC)CCOCC1. The normalized spacial score (nSPS) is 20.8. The molecule has 1 fully saturated rings. The van der Waals surface area contributed by atoms with Crippen LogP contribution in [0.5, 0.6) is 0 Å². The Bertz CT molecular complexity index is 239. The Balaban J connectivity index is 2.61. The van der Waals surface area contributed by atoms with Crippen LogP contribution in [0.25, 0.3) is 0 Å². The lowest BCUT2D eigenvalue weighted by atomic mass is 9.83. The summed E-state index contributed by atoms with van der Waals surface area (Å²) in [6.07, 6.45) is 9.77. The number of terminal acetylenes is 1. The highest BCUT2D eigenvalue weighted by atomic mass is 16.5. The fraction of sp³-hybridized carbons (Fsp3) is 0.846. The van der Waals surface area contributed by atoms with Crippen LogP contribution >= 0.6 is 0 Å². The molecule has 17 heavy (non-hydrogen) atoms. The molecule has 4 heteroatoms. The molecule has 0 bridgehead atoms. The van der Waals surface area contributed by atoms with Gasteiger partial charge in [-0.2, -0.15) is 0 Å². The zero-order valence-corrected chi connectivity index (χ0v) is 10.7. The number of hydrazine groups is 1. The van der Waals surface area contributed by atoms with Gasteiger partial charge < -0.3 is 9.47 Å². The first-order valence-corrected chi connectivity index (χ1v) is 6.40. The maximum Gasteiger partial charge on any atom is 0.0891 e. The largest absolute Gasteiger partial charge is 0.381 e. The molecule has 0 saturated carbocycles. The summed E-state index contributed by atoms with van der Waals surface area (Å²) in [5.41, 5.74) is 2.72. The predicted molar refractivity (Wildman–Crippen MR) is 68.2 cm³/mol. The highest BCUT2D eigenvalue weighted by Gasteiger charge is 2.40. The highest BCUT2D eigenvalue weighted by molar-refractivity contribution is 4.95. The van der Waals surface area contributed by atoms with Gasteiger partial charge in [-0.05, 0) is 19.8 Å². The lowest BCUT2D eigenvalue weighted by Gasteiger charge is -2.42. The van der Waals surface area contributed by atoms with Crippen LogP contribution < -0.4 is 11.3 Å². The van der Waals surface area contributed by atoms with Gasteiger partial charge in [0.05, 0.1) is 11.6 Å². The third-order valence-electron chi connectivity index (χ3n) is 3.42. The summed E-state index contributed by atoms with van der Waals surface area (Å²) in [7, 11) is 0. The van der Waals surface area contributed by atoms with Gasteiger partial charge in [0.1, 0.15) is 0 Å². The van der Waals surface area contributed by atoms with Crippen LogP contribution in [-0.2, 0) is 9.47 Å². The molecule has 0 aliphatic carbocycles. The number of hydrogen-bond donors (Lipinski definition) is 2. The Kier molecular flexibility index (Phi) is 6.53. The molecule has 1 rings (SSSR count). The second-order valence-electron chi connectivity index (χ2n) is 4.43. The van der Waals surface area contributed by atoms with E-state index in [0.29, 0.717) is 6.61 Å². The van der Waals surface area contributed by atoms with Crippen molar-refractivity contribution >= 4 is 0 Å². The summed E-state index contributed by atoms with van der Waals surface area (Å²) >= 11 is 0. The summed E-state index contributed by atoms with van der Waals surface area (Å²) in [4.78, 5) is 0. The van der Waals surface area contributed by atoms with Gasteiger partial charge in [0.25, 0.3) is 0 Å². The smallest absolute Gasteiger partial charge is 0.0891 e. The van der Waals surface area contributed by atoms with E-state index < -0.39 is 0 Å². The standard InChI is InChI=1S/C13H24N2O2/c1-3-5-6-7-12(15-14)13(17-4-2)8-10-16-11-9-13/h1,12,15H,4-11,14H2,2H3. The molecular weight excluding hydrogens is 216 g/mol. The van der Waals surface area contributed by atoms with Gasteiger partial charge in [0, 0.05) is 39.1 Å². The number of nitrogens with two attached hydrogens (primary N) is 1. The van der Waals surface area contributed by atoms with Crippen LogP contribution in [0.2, 0.25) is 0 Å². The van der Waals surface area contributed by atoms with Crippen LogP contribution in [0.4, 0.5) is 0 Å². The van der Waals surface area contributed by atoms with E-state index in [1.165, 1.54) is 0 Å². The number of nitrogens with one attached hydrogen (secondary N) is 1. The molecule has 0 aromatic carbocycles. The molecule has 0 spiro atoms. The Morgan fingerprint density at radius 3 is 2.76 bits per heavy atom. The summed E-state index contributed by atoms with van der Waals surface area (Å²) in [5.74, 6) is 8.34. The van der Waals surface area contributed by atoms with E-state index in [-0.39, 0.29) is 11.6 Å². The molecule has 1 saturated heterocycles. The molecule has 1 atom stereocenters. The second kappa shape index (κ2) is 7.67. The average Bonchev–Trinajstić information content (AvgIpc) is 2.36. The molecular formula is C13H24N2O2. The molecule has 0 amide bonds. The topological polar surface area (TPSA) is 56.5 Å². The molecule has 0 radical (unpaired) electrons. The maximum atomic E-state index is 5.98. The third-order valence-corrected chi connectivity index (χ3v) is 3.42. The first-order chi connectivity index (χ1) is 8.29. The van der Waals surface area contributed by atoms with Crippen LogP contribution in [0, 0.1) is 12.3 Å². The Labute approximate surface area is 104 Å². The second-order valence-corrected chi connectivity index (χ2v) is 4.43. The molecule has 3 N–H and O–H groups in total. The van der Waals surface area contributed by atoms with E-state index in [1.807, 2.05) is 6.92 Å². The van der Waals surface area contributed by atoms with Crippen LogP contribution in [0.3, 0.4) is 0 Å². The first-order valence-electron chi connectivity index (χ1n) is 6.40. The molecule has 1 aliphatic rings. The van der Waals surface area contributed by atoms with E-state index in [1.54, 1.807) is 0 Å². The van der Waals surface area contributed by atoms with Crippen molar-refractivity contribution in [2.75, 3.05) is 19.8 Å². The Morgan fingerprint density at radius 1 is 1.53 bits per heavy atom. The van der Waals surface area contributed by atoms with Gasteiger partial charge in [-0.1, -0.05) is 0 Å². The number of ether oxygens (including phenoxy) is 2. The lowest BCUT2D eigenvalue weighted by molar-refractivity contribution is -0.128. The molecule has 0 aromatic heterocycles. The first kappa shape index (κ1) is 14.5. The van der Waals surface area contributed by atoms with E-state index >= 15 is 0 Å². The highest BCUT2D eigenvalue weighted by Crippen LogP contribution is 2.31. The molecule has 4 nitrogen and oxygen atoms in total. The van der Waals surface area contributed by atoms with Crippen LogP contribution in [0.1, 0.15) is 39.0 Å². The van der Waals surface area contributed by atoms with Crippen molar-refractivity contribution in [1.82, 2.24) is 5.43 Å². The van der Waals surface area contributed by atoms with E-state index in [9.17, 15) is 0 Å². The van der Waals surface area contributed by atoms with Crippen molar-refractivity contribution in [3.63, 3.8) is 0 Å². The average molecular weight is 240 g/mol. The van der Waals surface area contributed by atoms with Crippen LogP contribution in [-0.4, -0.2) is 31.5 Å². The molecule has 1 aliphatic heterocycles. The maximum absolute atomic E-state index is 5.98. The summed E-state index contributed by atoms with van der Waals surface area (Å²) in [6, 6.07) is 0.152. The van der Waals surface area contributed by atoms with Crippen molar-refractivity contribution in [2.24, 2.45) is 5.84 Å². The zero-order chi connectivity index (χ0) is 12.6. The third kappa shape index (κ3) is 3.97. The van der Waals surface area contributed by atoms with Crippen molar-refractivity contribution < 1.29 is 9.47 Å². The van der Waals surface area contributed by atoms with Gasteiger partial charge in [-0.15, -0.1) is 12.3 Å². The summed E-state index contributed by atoms with van der Waals surface area (Å²) < 4.78 is 11.4. The van der Waals surface area contributed by atoms with Crippen molar-refractivity contribution in [2.45, 2.75) is 50.7 Å². The summed E-state index contributed by atoms with van der Waals surface area (Å²) in [6.45, 7) is 4.21. The van der Waals surface area contributed by atoms with E-state index in [2.05, 4.69) is 11.3 Å². The monoisotopic (exact) mass is 240 g/mol. The van der Waals surface area contributed by atoms with Gasteiger partial charge in [0.2, 0.25) is 0 Å². The quantitative estimate of drug-likeness (QED) is 0.304. The predicted octanol–water partition coefficient (Wildman–Crippen LogP) is 1.21. The van der Waals surface area contributed by atoms with Crippen LogP contribution in [0.15, 0.2) is 0 Å². The minimum atomic E-state index is -0.184. The summed E-state index contributed by atoms with van der Waals surface area (Å²) in [5, 5.41) is 0. The van der Waals surface area contributed by atoms with Gasteiger partial charge >= 0.3 is 0 Å². The fourth-order valence-electron chi connectivity index (χ4n) is 2.50. The van der Waals surface area contributed by atoms with Crippen molar-refractivity contribution in [3.05, 3.63) is 0 Å². The van der Waals surface area contributed by atoms with E-state index in [0.717, 1.165) is 45.3 Å².